The number of carbonyl (C=O) groups excluding carboxylic acids is 1. The third kappa shape index (κ3) is 3.53. The van der Waals surface area contributed by atoms with Crippen LogP contribution >= 0.6 is 11.8 Å². The first-order chi connectivity index (χ1) is 6.94. The molecular formula is C10H14N2O2S. The van der Waals surface area contributed by atoms with Gasteiger partial charge in [-0.25, -0.2) is 10.5 Å². The summed E-state index contributed by atoms with van der Waals surface area (Å²) in [5, 5.41) is 9.20. The van der Waals surface area contributed by atoms with Crippen LogP contribution in [0.2, 0.25) is 0 Å². The molecule has 4 nitrogen and oxygen atoms in total. The lowest BCUT2D eigenvalue weighted by Crippen LogP contribution is -2.20. The zero-order valence-corrected chi connectivity index (χ0v) is 9.76. The van der Waals surface area contributed by atoms with E-state index in [1.807, 2.05) is 20.8 Å². The minimum absolute atomic E-state index is 0.0289. The molecule has 0 spiro atoms. The maximum Gasteiger partial charge on any atom is 0.277 e. The molecule has 1 aromatic rings. The SMILES string of the molecule is CC(C)(C)Sc1ncccc1C(=O)NO. The lowest BCUT2D eigenvalue weighted by atomic mass is 10.2. The predicted octanol–water partition coefficient (Wildman–Crippen LogP) is 2.09. The molecule has 0 fully saturated rings. The highest BCUT2D eigenvalue weighted by Crippen LogP contribution is 2.32. The predicted molar refractivity (Wildman–Crippen MR) is 59.1 cm³/mol. The van der Waals surface area contributed by atoms with Gasteiger partial charge in [-0.2, -0.15) is 0 Å². The van der Waals surface area contributed by atoms with E-state index >= 15 is 0 Å². The van der Waals surface area contributed by atoms with Crippen LogP contribution in [0, 0.1) is 0 Å². The number of amides is 1. The average Bonchev–Trinajstić information content (AvgIpc) is 2.15. The molecule has 0 aromatic carbocycles. The lowest BCUT2D eigenvalue weighted by molar-refractivity contribution is 0.0702. The van der Waals surface area contributed by atoms with Crippen molar-refractivity contribution in [3.05, 3.63) is 23.9 Å². The van der Waals surface area contributed by atoms with Gasteiger partial charge in [-0.05, 0) is 12.1 Å². The molecule has 1 amide bonds. The molecule has 1 heterocycles. The number of thioether (sulfide) groups is 1. The van der Waals surface area contributed by atoms with E-state index in [4.69, 9.17) is 5.21 Å². The molecule has 0 bridgehead atoms. The summed E-state index contributed by atoms with van der Waals surface area (Å²) in [6.07, 6.45) is 1.63. The van der Waals surface area contributed by atoms with E-state index in [0.29, 0.717) is 10.6 Å². The second-order valence-corrected chi connectivity index (χ2v) is 5.83. The van der Waals surface area contributed by atoms with Crippen LogP contribution in [-0.2, 0) is 0 Å². The normalized spacial score (nSPS) is 11.2. The van der Waals surface area contributed by atoms with Crippen molar-refractivity contribution in [2.75, 3.05) is 0 Å². The van der Waals surface area contributed by atoms with Crippen molar-refractivity contribution in [1.29, 1.82) is 0 Å². The van der Waals surface area contributed by atoms with E-state index in [9.17, 15) is 4.79 Å². The highest BCUT2D eigenvalue weighted by atomic mass is 32.2. The maximum absolute atomic E-state index is 11.3. The van der Waals surface area contributed by atoms with Crippen molar-refractivity contribution in [3.8, 4) is 0 Å². The molecule has 82 valence electrons. The molecule has 15 heavy (non-hydrogen) atoms. The van der Waals surface area contributed by atoms with E-state index in [2.05, 4.69) is 4.98 Å². The Kier molecular flexibility index (Phi) is 3.71. The number of carbonyl (C=O) groups is 1. The topological polar surface area (TPSA) is 62.2 Å². The summed E-state index contributed by atoms with van der Waals surface area (Å²) in [5.74, 6) is -0.533. The Hall–Kier alpha value is -1.07. The summed E-state index contributed by atoms with van der Waals surface area (Å²) >= 11 is 1.49. The molecule has 0 saturated heterocycles. The summed E-state index contributed by atoms with van der Waals surface area (Å²) in [6.45, 7) is 6.10. The van der Waals surface area contributed by atoms with Crippen LogP contribution in [0.15, 0.2) is 23.4 Å². The zero-order chi connectivity index (χ0) is 11.5. The Bertz CT molecular complexity index is 361. The molecule has 0 saturated carbocycles. The van der Waals surface area contributed by atoms with Gasteiger partial charge in [0.05, 0.1) is 5.56 Å². The third-order valence-corrected chi connectivity index (χ3v) is 2.65. The van der Waals surface area contributed by atoms with Crippen LogP contribution in [0.5, 0.6) is 0 Å². The Morgan fingerprint density at radius 1 is 1.53 bits per heavy atom. The van der Waals surface area contributed by atoms with Gasteiger partial charge in [0.1, 0.15) is 5.03 Å². The second-order valence-electron chi connectivity index (χ2n) is 4.01. The van der Waals surface area contributed by atoms with Crippen LogP contribution in [0.3, 0.4) is 0 Å². The number of pyridine rings is 1. The minimum Gasteiger partial charge on any atom is -0.288 e. The van der Waals surface area contributed by atoms with Gasteiger partial charge in [0.25, 0.3) is 5.91 Å². The smallest absolute Gasteiger partial charge is 0.277 e. The first kappa shape index (κ1) is 12.0. The molecule has 0 aliphatic rings. The fraction of sp³-hybridized carbons (Fsp3) is 0.400. The molecule has 5 heteroatoms. The van der Waals surface area contributed by atoms with Gasteiger partial charge >= 0.3 is 0 Å². The van der Waals surface area contributed by atoms with Gasteiger partial charge in [0, 0.05) is 10.9 Å². The van der Waals surface area contributed by atoms with E-state index in [0.717, 1.165) is 0 Å². The third-order valence-electron chi connectivity index (χ3n) is 1.52. The summed E-state index contributed by atoms with van der Waals surface area (Å²) in [6, 6.07) is 3.30. The van der Waals surface area contributed by atoms with E-state index in [-0.39, 0.29) is 4.75 Å². The molecule has 1 aromatic heterocycles. The summed E-state index contributed by atoms with van der Waals surface area (Å²) in [7, 11) is 0. The fourth-order valence-corrected chi connectivity index (χ4v) is 1.96. The number of nitrogens with one attached hydrogen (secondary N) is 1. The van der Waals surface area contributed by atoms with Gasteiger partial charge in [-0.15, -0.1) is 0 Å². The highest BCUT2D eigenvalue weighted by Gasteiger charge is 2.18. The van der Waals surface area contributed by atoms with Crippen molar-refractivity contribution < 1.29 is 10.0 Å². The number of hydrogen-bond acceptors (Lipinski definition) is 4. The Morgan fingerprint density at radius 3 is 2.73 bits per heavy atom. The first-order valence-electron chi connectivity index (χ1n) is 4.52. The summed E-state index contributed by atoms with van der Waals surface area (Å²) in [4.78, 5) is 15.4. The van der Waals surface area contributed by atoms with Gasteiger partial charge in [-0.1, -0.05) is 32.5 Å². The van der Waals surface area contributed by atoms with E-state index < -0.39 is 5.91 Å². The van der Waals surface area contributed by atoms with Gasteiger partial charge < -0.3 is 0 Å². The molecule has 0 unspecified atom stereocenters. The van der Waals surface area contributed by atoms with Crippen molar-refractivity contribution in [3.63, 3.8) is 0 Å². The van der Waals surface area contributed by atoms with Gasteiger partial charge in [-0.3, -0.25) is 10.0 Å². The largest absolute Gasteiger partial charge is 0.288 e. The minimum atomic E-state index is -0.533. The number of aromatic nitrogens is 1. The van der Waals surface area contributed by atoms with Crippen molar-refractivity contribution in [1.82, 2.24) is 10.5 Å². The van der Waals surface area contributed by atoms with E-state index in [1.54, 1.807) is 23.8 Å². The average molecular weight is 226 g/mol. The standard InChI is InChI=1S/C10H14N2O2S/c1-10(2,3)15-9-7(8(13)12-14)5-4-6-11-9/h4-6,14H,1-3H3,(H,12,13). The van der Waals surface area contributed by atoms with Crippen LogP contribution in [0.1, 0.15) is 31.1 Å². The molecule has 0 aliphatic carbocycles. The molecular weight excluding hydrogens is 212 g/mol. The van der Waals surface area contributed by atoms with Gasteiger partial charge in [0.15, 0.2) is 0 Å². The zero-order valence-electron chi connectivity index (χ0n) is 8.94. The molecule has 1 rings (SSSR count). The monoisotopic (exact) mass is 226 g/mol. The van der Waals surface area contributed by atoms with Crippen LogP contribution < -0.4 is 5.48 Å². The molecule has 0 aliphatic heterocycles. The van der Waals surface area contributed by atoms with Crippen LogP contribution in [0.25, 0.3) is 0 Å². The van der Waals surface area contributed by atoms with E-state index in [1.165, 1.54) is 11.8 Å². The van der Waals surface area contributed by atoms with Crippen molar-refractivity contribution >= 4 is 17.7 Å². The Balaban J connectivity index is 3.02. The summed E-state index contributed by atoms with van der Waals surface area (Å²) in [5.41, 5.74) is 2.00. The number of nitrogens with zero attached hydrogens (tertiary/aromatic N) is 1. The summed E-state index contributed by atoms with van der Waals surface area (Å²) < 4.78 is -0.0289. The lowest BCUT2D eigenvalue weighted by Gasteiger charge is -2.18. The highest BCUT2D eigenvalue weighted by molar-refractivity contribution is 8.00. The van der Waals surface area contributed by atoms with Gasteiger partial charge in [0.2, 0.25) is 0 Å². The Labute approximate surface area is 93.1 Å². The number of hydrogen-bond donors (Lipinski definition) is 2. The second kappa shape index (κ2) is 4.63. The van der Waals surface area contributed by atoms with Crippen LogP contribution in [-0.4, -0.2) is 20.8 Å². The Morgan fingerprint density at radius 2 is 2.20 bits per heavy atom. The molecule has 2 N–H and O–H groups in total. The van der Waals surface area contributed by atoms with Crippen molar-refractivity contribution in [2.24, 2.45) is 0 Å². The number of rotatable bonds is 2. The first-order valence-corrected chi connectivity index (χ1v) is 5.34. The molecule has 0 radical (unpaired) electrons. The number of hydroxylamine groups is 1. The quantitative estimate of drug-likeness (QED) is 0.460. The molecule has 0 atom stereocenters. The fourth-order valence-electron chi connectivity index (χ4n) is 0.995. The van der Waals surface area contributed by atoms with Crippen molar-refractivity contribution in [2.45, 2.75) is 30.5 Å². The van der Waals surface area contributed by atoms with Crippen LogP contribution in [0.4, 0.5) is 0 Å². The maximum atomic E-state index is 11.3.